The average Bonchev–Trinajstić information content (AvgIpc) is 3.39. The first-order valence-electron chi connectivity index (χ1n) is 9.80. The van der Waals surface area contributed by atoms with Gasteiger partial charge in [0.15, 0.2) is 0 Å². The van der Waals surface area contributed by atoms with Gasteiger partial charge in [-0.1, -0.05) is 48.0 Å². The van der Waals surface area contributed by atoms with Gasteiger partial charge < -0.3 is 0 Å². The van der Waals surface area contributed by atoms with Gasteiger partial charge in [0.25, 0.3) is 5.91 Å². The zero-order valence-corrected chi connectivity index (χ0v) is 18.3. The SMILES string of the molecule is Cc1nn(-c2cccc(C(F)(F)F)c2)c(Cl)c1C=NNC(=O)Cn1nnc(-c2ccccc2)n1. The summed E-state index contributed by atoms with van der Waals surface area (Å²) >= 11 is 6.32. The van der Waals surface area contributed by atoms with E-state index in [1.54, 1.807) is 6.92 Å². The van der Waals surface area contributed by atoms with Crippen LogP contribution in [0.4, 0.5) is 13.2 Å². The molecule has 2 aromatic carbocycles. The zero-order chi connectivity index (χ0) is 24.3. The Morgan fingerprint density at radius 2 is 1.91 bits per heavy atom. The summed E-state index contributed by atoms with van der Waals surface area (Å²) in [6.07, 6.45) is -3.24. The van der Waals surface area contributed by atoms with Gasteiger partial charge in [-0.05, 0) is 30.3 Å². The number of aryl methyl sites for hydroxylation is 1. The van der Waals surface area contributed by atoms with E-state index in [4.69, 9.17) is 11.6 Å². The number of hydrogen-bond acceptors (Lipinski definition) is 6. The standard InChI is InChI=1S/C21H16ClF3N8O/c1-13-17(19(22)33(29-13)16-9-5-8-15(10-16)21(23,24)25)11-26-27-18(34)12-32-30-20(28-31-32)14-6-3-2-4-7-14/h2-11H,12H2,1H3,(H,27,34). The van der Waals surface area contributed by atoms with E-state index < -0.39 is 17.6 Å². The van der Waals surface area contributed by atoms with Gasteiger partial charge in [0, 0.05) is 5.56 Å². The number of benzene rings is 2. The fraction of sp³-hybridized carbons (Fsp3) is 0.143. The Kier molecular flexibility index (Phi) is 6.41. The number of tetrazole rings is 1. The highest BCUT2D eigenvalue weighted by Crippen LogP contribution is 2.31. The molecule has 34 heavy (non-hydrogen) atoms. The van der Waals surface area contributed by atoms with Gasteiger partial charge in [-0.15, -0.1) is 10.2 Å². The minimum absolute atomic E-state index is 0.0419. The van der Waals surface area contributed by atoms with Gasteiger partial charge in [-0.25, -0.2) is 10.1 Å². The molecule has 0 unspecified atom stereocenters. The minimum Gasteiger partial charge on any atom is -0.271 e. The second kappa shape index (κ2) is 9.43. The van der Waals surface area contributed by atoms with Gasteiger partial charge in [0.1, 0.15) is 11.7 Å². The molecule has 0 radical (unpaired) electrons. The van der Waals surface area contributed by atoms with Crippen molar-refractivity contribution in [1.82, 2.24) is 35.4 Å². The van der Waals surface area contributed by atoms with Crippen molar-refractivity contribution in [2.45, 2.75) is 19.6 Å². The predicted molar refractivity (Wildman–Crippen MR) is 117 cm³/mol. The Hall–Kier alpha value is -4.06. The summed E-state index contributed by atoms with van der Waals surface area (Å²) in [5.74, 6) is -0.145. The highest BCUT2D eigenvalue weighted by Gasteiger charge is 2.30. The molecule has 0 bridgehead atoms. The van der Waals surface area contributed by atoms with Crippen LogP contribution in [0, 0.1) is 6.92 Å². The number of carbonyl (C=O) groups is 1. The number of amides is 1. The number of rotatable bonds is 6. The lowest BCUT2D eigenvalue weighted by atomic mass is 10.2. The lowest BCUT2D eigenvalue weighted by Gasteiger charge is -2.09. The lowest BCUT2D eigenvalue weighted by Crippen LogP contribution is -2.24. The molecule has 1 N–H and O–H groups in total. The van der Waals surface area contributed by atoms with Crippen molar-refractivity contribution in [3.63, 3.8) is 0 Å². The average molecular weight is 489 g/mol. The second-order valence-electron chi connectivity index (χ2n) is 7.05. The first-order chi connectivity index (χ1) is 16.2. The number of aromatic nitrogens is 6. The molecule has 0 saturated heterocycles. The van der Waals surface area contributed by atoms with Crippen molar-refractivity contribution in [1.29, 1.82) is 0 Å². The van der Waals surface area contributed by atoms with Gasteiger partial charge in [-0.2, -0.15) is 28.2 Å². The fourth-order valence-electron chi connectivity index (χ4n) is 2.99. The van der Waals surface area contributed by atoms with Crippen LogP contribution in [0.3, 0.4) is 0 Å². The molecule has 0 saturated carbocycles. The Labute approximate surface area is 195 Å². The van der Waals surface area contributed by atoms with E-state index in [1.807, 2.05) is 30.3 Å². The molecule has 0 atom stereocenters. The van der Waals surface area contributed by atoms with Crippen molar-refractivity contribution in [2.75, 3.05) is 0 Å². The lowest BCUT2D eigenvalue weighted by molar-refractivity contribution is -0.137. The predicted octanol–water partition coefficient (Wildman–Crippen LogP) is 3.66. The van der Waals surface area contributed by atoms with Crippen LogP contribution in [0.15, 0.2) is 59.7 Å². The number of nitrogens with one attached hydrogen (secondary N) is 1. The Morgan fingerprint density at radius 1 is 1.15 bits per heavy atom. The zero-order valence-electron chi connectivity index (χ0n) is 17.5. The summed E-state index contributed by atoms with van der Waals surface area (Å²) in [5, 5.41) is 20.0. The molecule has 2 heterocycles. The van der Waals surface area contributed by atoms with Crippen LogP contribution in [0.2, 0.25) is 5.15 Å². The third-order valence-electron chi connectivity index (χ3n) is 4.62. The number of halogens is 4. The number of carbonyl (C=O) groups excluding carboxylic acids is 1. The Bertz CT molecular complexity index is 1350. The van der Waals surface area contributed by atoms with E-state index in [0.717, 1.165) is 22.5 Å². The highest BCUT2D eigenvalue weighted by atomic mass is 35.5. The maximum absolute atomic E-state index is 13.0. The first-order valence-corrected chi connectivity index (χ1v) is 10.2. The summed E-state index contributed by atoms with van der Waals surface area (Å²) in [6.45, 7) is 1.39. The maximum atomic E-state index is 13.0. The van der Waals surface area contributed by atoms with E-state index in [2.05, 4.69) is 31.0 Å². The summed E-state index contributed by atoms with van der Waals surface area (Å²) in [7, 11) is 0. The van der Waals surface area contributed by atoms with E-state index in [-0.39, 0.29) is 17.4 Å². The summed E-state index contributed by atoms with van der Waals surface area (Å²) < 4.78 is 40.2. The molecule has 0 aliphatic carbocycles. The van der Waals surface area contributed by atoms with Crippen LogP contribution < -0.4 is 5.43 Å². The quantitative estimate of drug-likeness (QED) is 0.329. The largest absolute Gasteiger partial charge is 0.416 e. The van der Waals surface area contributed by atoms with Crippen LogP contribution in [0.1, 0.15) is 16.8 Å². The molecule has 0 aliphatic heterocycles. The number of nitrogens with zero attached hydrogens (tertiary/aromatic N) is 7. The van der Waals surface area contributed by atoms with E-state index >= 15 is 0 Å². The monoisotopic (exact) mass is 488 g/mol. The van der Waals surface area contributed by atoms with Crippen molar-refractivity contribution in [2.24, 2.45) is 5.10 Å². The van der Waals surface area contributed by atoms with Crippen LogP contribution in [-0.4, -0.2) is 42.1 Å². The summed E-state index contributed by atoms with van der Waals surface area (Å²) in [5.41, 5.74) is 3.14. The molecular weight excluding hydrogens is 473 g/mol. The molecular formula is C21H16ClF3N8O. The Morgan fingerprint density at radius 3 is 2.65 bits per heavy atom. The van der Waals surface area contributed by atoms with Crippen LogP contribution >= 0.6 is 11.6 Å². The molecule has 0 fully saturated rings. The van der Waals surface area contributed by atoms with Gasteiger partial charge in [-0.3, -0.25) is 4.79 Å². The van der Waals surface area contributed by atoms with E-state index in [0.29, 0.717) is 17.1 Å². The number of hydrogen-bond donors (Lipinski definition) is 1. The minimum atomic E-state index is -4.50. The molecule has 9 nitrogen and oxygen atoms in total. The molecule has 0 spiro atoms. The molecule has 1 amide bonds. The normalized spacial score (nSPS) is 11.8. The highest BCUT2D eigenvalue weighted by molar-refractivity contribution is 6.32. The van der Waals surface area contributed by atoms with Gasteiger partial charge in [0.05, 0.1) is 28.7 Å². The van der Waals surface area contributed by atoms with Crippen molar-refractivity contribution >= 4 is 23.7 Å². The van der Waals surface area contributed by atoms with Crippen molar-refractivity contribution in [3.8, 4) is 17.1 Å². The van der Waals surface area contributed by atoms with Gasteiger partial charge >= 0.3 is 6.18 Å². The second-order valence-corrected chi connectivity index (χ2v) is 7.41. The van der Waals surface area contributed by atoms with Crippen LogP contribution in [0.5, 0.6) is 0 Å². The van der Waals surface area contributed by atoms with Gasteiger partial charge in [0.2, 0.25) is 5.82 Å². The van der Waals surface area contributed by atoms with E-state index in [1.165, 1.54) is 23.0 Å². The molecule has 4 aromatic rings. The molecule has 4 rings (SSSR count). The third-order valence-corrected chi connectivity index (χ3v) is 4.98. The summed E-state index contributed by atoms with van der Waals surface area (Å²) in [6, 6.07) is 13.8. The first kappa shape index (κ1) is 23.1. The molecule has 2 aromatic heterocycles. The number of hydrazone groups is 1. The van der Waals surface area contributed by atoms with E-state index in [9.17, 15) is 18.0 Å². The smallest absolute Gasteiger partial charge is 0.271 e. The number of alkyl halides is 3. The van der Waals surface area contributed by atoms with Crippen molar-refractivity contribution in [3.05, 3.63) is 76.6 Å². The third kappa shape index (κ3) is 5.12. The van der Waals surface area contributed by atoms with Crippen LogP contribution in [-0.2, 0) is 17.5 Å². The summed E-state index contributed by atoms with van der Waals surface area (Å²) in [4.78, 5) is 13.3. The Balaban J connectivity index is 1.43. The van der Waals surface area contributed by atoms with Crippen molar-refractivity contribution < 1.29 is 18.0 Å². The maximum Gasteiger partial charge on any atom is 0.416 e. The molecule has 0 aliphatic rings. The van der Waals surface area contributed by atoms with Crippen LogP contribution in [0.25, 0.3) is 17.1 Å². The fourth-order valence-corrected chi connectivity index (χ4v) is 3.31. The topological polar surface area (TPSA) is 103 Å². The molecule has 174 valence electrons. The molecule has 13 heteroatoms.